The predicted octanol–water partition coefficient (Wildman–Crippen LogP) is 2.88. The summed E-state index contributed by atoms with van der Waals surface area (Å²) < 4.78 is 0. The van der Waals surface area contributed by atoms with Crippen molar-refractivity contribution >= 4 is 23.5 Å². The fraction of sp³-hybridized carbons (Fsp3) is 0.429. The van der Waals surface area contributed by atoms with Crippen LogP contribution in [0.25, 0.3) is 0 Å². The Balaban J connectivity index is 2.94. The number of carboxylic acid groups (broad SMARTS) is 1. The molecule has 0 saturated carbocycles. The van der Waals surface area contributed by atoms with Crippen molar-refractivity contribution < 1.29 is 14.7 Å². The van der Waals surface area contributed by atoms with E-state index in [2.05, 4.69) is 5.32 Å². The number of carbonyl (C=O) groups excluding carboxylic acids is 1. The summed E-state index contributed by atoms with van der Waals surface area (Å²) in [7, 11) is 0. The largest absolute Gasteiger partial charge is 0.480 e. The molecular weight excluding hydrogens is 266 g/mol. The third kappa shape index (κ3) is 3.96. The second-order valence-electron chi connectivity index (χ2n) is 4.63. The van der Waals surface area contributed by atoms with E-state index in [0.29, 0.717) is 17.0 Å². The summed E-state index contributed by atoms with van der Waals surface area (Å²) in [4.78, 5) is 23.3. The first-order valence-electron chi connectivity index (χ1n) is 6.16. The minimum absolute atomic E-state index is 0.138. The summed E-state index contributed by atoms with van der Waals surface area (Å²) in [6.07, 6.45) is 0.672. The maximum absolute atomic E-state index is 12.1. The maximum atomic E-state index is 12.1. The lowest BCUT2D eigenvalue weighted by Crippen LogP contribution is -2.45. The van der Waals surface area contributed by atoms with Crippen LogP contribution in [0.5, 0.6) is 0 Å². The van der Waals surface area contributed by atoms with E-state index in [1.165, 1.54) is 0 Å². The highest BCUT2D eigenvalue weighted by Gasteiger charge is 2.26. The average Bonchev–Trinajstić information content (AvgIpc) is 2.37. The van der Waals surface area contributed by atoms with E-state index in [1.807, 2.05) is 6.92 Å². The molecule has 0 saturated heterocycles. The first-order valence-corrected chi connectivity index (χ1v) is 6.54. The zero-order chi connectivity index (χ0) is 14.6. The van der Waals surface area contributed by atoms with Crippen LogP contribution in [0.15, 0.2) is 18.2 Å². The van der Waals surface area contributed by atoms with Gasteiger partial charge in [0.25, 0.3) is 5.91 Å². The lowest BCUT2D eigenvalue weighted by Gasteiger charge is -2.20. The van der Waals surface area contributed by atoms with E-state index >= 15 is 0 Å². The van der Waals surface area contributed by atoms with Crippen LogP contribution in [0.3, 0.4) is 0 Å². The van der Waals surface area contributed by atoms with Gasteiger partial charge in [-0.1, -0.05) is 37.9 Å². The lowest BCUT2D eigenvalue weighted by atomic mass is 9.98. The number of halogens is 1. The van der Waals surface area contributed by atoms with Crippen LogP contribution >= 0.6 is 11.6 Å². The number of rotatable bonds is 5. The van der Waals surface area contributed by atoms with Gasteiger partial charge in [0.15, 0.2) is 0 Å². The number of amides is 1. The van der Waals surface area contributed by atoms with Crippen molar-refractivity contribution in [3.05, 3.63) is 34.3 Å². The Labute approximate surface area is 117 Å². The van der Waals surface area contributed by atoms with Crippen molar-refractivity contribution in [1.29, 1.82) is 0 Å². The maximum Gasteiger partial charge on any atom is 0.326 e. The quantitative estimate of drug-likeness (QED) is 0.873. The van der Waals surface area contributed by atoms with Crippen LogP contribution in [0.2, 0.25) is 5.02 Å². The zero-order valence-corrected chi connectivity index (χ0v) is 12.0. The molecule has 1 aromatic rings. The molecule has 1 amide bonds. The van der Waals surface area contributed by atoms with Crippen molar-refractivity contribution in [2.75, 3.05) is 0 Å². The van der Waals surface area contributed by atoms with Gasteiger partial charge in [0.2, 0.25) is 0 Å². The van der Waals surface area contributed by atoms with E-state index in [1.54, 1.807) is 32.0 Å². The standard InChI is InChI=1S/C14H18ClNO3/c1-4-8(2)12(14(18)19)16-13(17)11-7-10(15)6-5-9(11)3/h5-8,12H,4H2,1-3H3,(H,16,17)(H,18,19). The Kier molecular flexibility index (Phi) is 5.36. The van der Waals surface area contributed by atoms with Gasteiger partial charge in [0.05, 0.1) is 0 Å². The topological polar surface area (TPSA) is 66.4 Å². The molecule has 19 heavy (non-hydrogen) atoms. The molecule has 2 N–H and O–H groups in total. The number of carbonyl (C=O) groups is 2. The van der Waals surface area contributed by atoms with Gasteiger partial charge < -0.3 is 10.4 Å². The summed E-state index contributed by atoms with van der Waals surface area (Å²) in [5.41, 5.74) is 1.16. The zero-order valence-electron chi connectivity index (χ0n) is 11.2. The second-order valence-corrected chi connectivity index (χ2v) is 5.07. The van der Waals surface area contributed by atoms with Gasteiger partial charge in [0, 0.05) is 10.6 Å². The Morgan fingerprint density at radius 1 is 1.42 bits per heavy atom. The summed E-state index contributed by atoms with van der Waals surface area (Å²) in [6, 6.07) is 4.07. The van der Waals surface area contributed by atoms with Crippen molar-refractivity contribution in [3.63, 3.8) is 0 Å². The molecule has 1 aromatic carbocycles. The van der Waals surface area contributed by atoms with E-state index in [-0.39, 0.29) is 5.92 Å². The monoisotopic (exact) mass is 283 g/mol. The van der Waals surface area contributed by atoms with Crippen molar-refractivity contribution in [1.82, 2.24) is 5.32 Å². The fourth-order valence-electron chi connectivity index (χ4n) is 1.74. The van der Waals surface area contributed by atoms with Crippen LogP contribution in [-0.2, 0) is 4.79 Å². The molecule has 0 fully saturated rings. The Hall–Kier alpha value is -1.55. The Morgan fingerprint density at radius 3 is 2.58 bits per heavy atom. The SMILES string of the molecule is CCC(C)C(NC(=O)c1cc(Cl)ccc1C)C(=O)O. The Bertz CT molecular complexity index is 488. The van der Waals surface area contributed by atoms with E-state index in [0.717, 1.165) is 5.56 Å². The molecule has 0 aromatic heterocycles. The molecule has 0 aliphatic carbocycles. The summed E-state index contributed by atoms with van der Waals surface area (Å²) >= 11 is 5.85. The minimum Gasteiger partial charge on any atom is -0.480 e. The molecule has 0 heterocycles. The molecule has 1 rings (SSSR count). The third-order valence-electron chi connectivity index (χ3n) is 3.21. The van der Waals surface area contributed by atoms with Crippen LogP contribution in [0.4, 0.5) is 0 Å². The molecule has 5 heteroatoms. The Morgan fingerprint density at radius 2 is 2.05 bits per heavy atom. The molecule has 2 unspecified atom stereocenters. The normalized spacial score (nSPS) is 13.7. The number of nitrogens with one attached hydrogen (secondary N) is 1. The average molecular weight is 284 g/mol. The number of benzene rings is 1. The van der Waals surface area contributed by atoms with Gasteiger partial charge in [-0.05, 0) is 30.5 Å². The van der Waals surface area contributed by atoms with Gasteiger partial charge in [-0.3, -0.25) is 4.79 Å². The highest BCUT2D eigenvalue weighted by Crippen LogP contribution is 2.16. The highest BCUT2D eigenvalue weighted by molar-refractivity contribution is 6.31. The minimum atomic E-state index is -1.03. The van der Waals surface area contributed by atoms with Crippen molar-refractivity contribution in [2.45, 2.75) is 33.2 Å². The lowest BCUT2D eigenvalue weighted by molar-refractivity contribution is -0.140. The van der Waals surface area contributed by atoms with Gasteiger partial charge >= 0.3 is 5.97 Å². The molecule has 0 aliphatic heterocycles. The van der Waals surface area contributed by atoms with Gasteiger partial charge in [-0.25, -0.2) is 4.79 Å². The van der Waals surface area contributed by atoms with E-state index < -0.39 is 17.9 Å². The molecule has 4 nitrogen and oxygen atoms in total. The number of carboxylic acids is 1. The van der Waals surface area contributed by atoms with Crippen molar-refractivity contribution in [2.24, 2.45) is 5.92 Å². The van der Waals surface area contributed by atoms with Crippen LogP contribution in [0.1, 0.15) is 36.2 Å². The van der Waals surface area contributed by atoms with Gasteiger partial charge in [-0.2, -0.15) is 0 Å². The predicted molar refractivity (Wildman–Crippen MR) is 74.5 cm³/mol. The van der Waals surface area contributed by atoms with Gasteiger partial charge in [0.1, 0.15) is 6.04 Å². The molecule has 0 radical (unpaired) electrons. The van der Waals surface area contributed by atoms with Crippen LogP contribution < -0.4 is 5.32 Å². The first-order chi connectivity index (χ1) is 8.86. The number of aryl methyl sites for hydroxylation is 1. The van der Waals surface area contributed by atoms with Gasteiger partial charge in [-0.15, -0.1) is 0 Å². The number of hydrogen-bond donors (Lipinski definition) is 2. The molecule has 0 spiro atoms. The number of hydrogen-bond acceptors (Lipinski definition) is 2. The molecule has 2 atom stereocenters. The summed E-state index contributed by atoms with van der Waals surface area (Å²) in [5, 5.41) is 12.2. The van der Waals surface area contributed by atoms with Crippen LogP contribution in [0, 0.1) is 12.8 Å². The third-order valence-corrected chi connectivity index (χ3v) is 3.44. The molecule has 104 valence electrons. The molecule has 0 bridgehead atoms. The smallest absolute Gasteiger partial charge is 0.326 e. The first kappa shape index (κ1) is 15.5. The fourth-order valence-corrected chi connectivity index (χ4v) is 1.91. The highest BCUT2D eigenvalue weighted by atomic mass is 35.5. The van der Waals surface area contributed by atoms with E-state index in [9.17, 15) is 9.59 Å². The molecular formula is C14H18ClNO3. The second kappa shape index (κ2) is 6.57. The summed E-state index contributed by atoms with van der Waals surface area (Å²) in [5.74, 6) is -1.57. The van der Waals surface area contributed by atoms with E-state index in [4.69, 9.17) is 16.7 Å². The summed E-state index contributed by atoms with van der Waals surface area (Å²) in [6.45, 7) is 5.46. The van der Waals surface area contributed by atoms with Crippen molar-refractivity contribution in [3.8, 4) is 0 Å². The number of aliphatic carboxylic acids is 1. The van der Waals surface area contributed by atoms with Crippen LogP contribution in [-0.4, -0.2) is 23.0 Å². The molecule has 0 aliphatic rings.